The van der Waals surface area contributed by atoms with Crippen molar-refractivity contribution < 1.29 is 34.3 Å². The second kappa shape index (κ2) is 26.1. The van der Waals surface area contributed by atoms with Crippen LogP contribution in [0.1, 0.15) is 136 Å². The third-order valence-electron chi connectivity index (χ3n) is 7.89. The predicted octanol–water partition coefficient (Wildman–Crippen LogP) is 6.85. The Hall–Kier alpha value is -0.540. The van der Waals surface area contributed by atoms with Gasteiger partial charge in [-0.1, -0.05) is 123 Å². The molecule has 1 saturated heterocycles. The Kier molecular flexibility index (Phi) is 24.5. The zero-order valence-electron chi connectivity index (χ0n) is 26.0. The molecule has 0 unspecified atom stereocenters. The highest BCUT2D eigenvalue weighted by Gasteiger charge is 2.47. The van der Waals surface area contributed by atoms with Crippen LogP contribution in [0.5, 0.6) is 0 Å². The number of rotatable bonds is 28. The Morgan fingerprint density at radius 2 is 1.23 bits per heavy atom. The van der Waals surface area contributed by atoms with Gasteiger partial charge in [0.25, 0.3) is 0 Å². The van der Waals surface area contributed by atoms with Gasteiger partial charge in [0, 0.05) is 13.2 Å². The highest BCUT2D eigenvalue weighted by molar-refractivity contribution is 4.92. The molecule has 7 heteroatoms. The second-order valence-corrected chi connectivity index (χ2v) is 11.5. The van der Waals surface area contributed by atoms with Crippen LogP contribution in [-0.2, 0) is 18.9 Å². The first kappa shape index (κ1) is 37.5. The fourth-order valence-corrected chi connectivity index (χ4v) is 5.34. The fraction of sp³-hybridized carbons (Fsp3) is 0.939. The highest BCUT2D eigenvalue weighted by Crippen LogP contribution is 2.28. The summed E-state index contributed by atoms with van der Waals surface area (Å²) in [6.07, 6.45) is 19.4. The van der Waals surface area contributed by atoms with Crippen LogP contribution in [0.25, 0.3) is 0 Å². The van der Waals surface area contributed by atoms with Gasteiger partial charge in [-0.25, -0.2) is 0 Å². The number of hydrogen-bond acceptors (Lipinski definition) is 7. The predicted molar refractivity (Wildman–Crippen MR) is 162 cm³/mol. The van der Waals surface area contributed by atoms with Crippen molar-refractivity contribution in [3.05, 3.63) is 12.7 Å². The molecule has 0 bridgehead atoms. The third-order valence-corrected chi connectivity index (χ3v) is 7.89. The van der Waals surface area contributed by atoms with Gasteiger partial charge < -0.3 is 34.3 Å². The van der Waals surface area contributed by atoms with Crippen molar-refractivity contribution in [2.24, 2.45) is 0 Å². The van der Waals surface area contributed by atoms with E-state index in [-0.39, 0.29) is 13.2 Å². The van der Waals surface area contributed by atoms with Gasteiger partial charge in [0.05, 0.1) is 19.3 Å². The molecule has 0 aromatic carbocycles. The number of aliphatic hydroxyl groups excluding tert-OH is 3. The quantitative estimate of drug-likeness (QED) is 0.0697. The Morgan fingerprint density at radius 3 is 1.77 bits per heavy atom. The van der Waals surface area contributed by atoms with Crippen LogP contribution < -0.4 is 0 Å². The van der Waals surface area contributed by atoms with E-state index < -0.39 is 36.8 Å². The van der Waals surface area contributed by atoms with E-state index in [4.69, 9.17) is 18.9 Å². The van der Waals surface area contributed by atoms with E-state index in [9.17, 15) is 15.3 Å². The summed E-state index contributed by atoms with van der Waals surface area (Å²) in [5.74, 6) is 0. The van der Waals surface area contributed by atoms with Crippen LogP contribution >= 0.6 is 0 Å². The molecule has 7 nitrogen and oxygen atoms in total. The molecule has 0 aromatic heterocycles. The van der Waals surface area contributed by atoms with Crippen molar-refractivity contribution in [2.75, 3.05) is 26.4 Å². The Labute approximate surface area is 246 Å². The van der Waals surface area contributed by atoms with E-state index in [0.29, 0.717) is 19.6 Å². The van der Waals surface area contributed by atoms with Crippen molar-refractivity contribution in [3.8, 4) is 0 Å². The topological polar surface area (TPSA) is 97.6 Å². The maximum absolute atomic E-state index is 10.9. The van der Waals surface area contributed by atoms with Crippen molar-refractivity contribution in [1.29, 1.82) is 0 Å². The number of ether oxygens (including phenoxy) is 4. The maximum atomic E-state index is 10.9. The maximum Gasteiger partial charge on any atom is 0.187 e. The lowest BCUT2D eigenvalue weighted by molar-refractivity contribution is -0.314. The van der Waals surface area contributed by atoms with Gasteiger partial charge in [-0.3, -0.25) is 0 Å². The second-order valence-electron chi connectivity index (χ2n) is 11.5. The molecule has 3 N–H and O–H groups in total. The van der Waals surface area contributed by atoms with Gasteiger partial charge in [0.2, 0.25) is 0 Å². The molecular formula is C33H64O7. The molecule has 6 atom stereocenters. The summed E-state index contributed by atoms with van der Waals surface area (Å²) in [6, 6.07) is 0. The average molecular weight is 573 g/mol. The van der Waals surface area contributed by atoms with Crippen molar-refractivity contribution in [1.82, 2.24) is 0 Å². The highest BCUT2D eigenvalue weighted by atomic mass is 16.7. The molecule has 1 aliphatic heterocycles. The summed E-state index contributed by atoms with van der Waals surface area (Å²) in [7, 11) is 0. The van der Waals surface area contributed by atoms with E-state index in [2.05, 4.69) is 20.4 Å². The van der Waals surface area contributed by atoms with Crippen LogP contribution in [0.3, 0.4) is 0 Å². The number of unbranched alkanes of at least 4 members (excludes halogenated alkanes) is 15. The number of hydrogen-bond donors (Lipinski definition) is 3. The Bertz CT molecular complexity index is 561. The zero-order chi connectivity index (χ0) is 29.3. The lowest BCUT2D eigenvalue weighted by Crippen LogP contribution is -2.61. The summed E-state index contributed by atoms with van der Waals surface area (Å²) in [6.45, 7) is 8.92. The Morgan fingerprint density at radius 1 is 0.700 bits per heavy atom. The average Bonchev–Trinajstić information content (AvgIpc) is 2.96. The minimum atomic E-state index is -1.03. The monoisotopic (exact) mass is 572 g/mol. The van der Waals surface area contributed by atoms with E-state index in [1.54, 1.807) is 6.08 Å². The van der Waals surface area contributed by atoms with Crippen LogP contribution in [0.15, 0.2) is 12.7 Å². The minimum Gasteiger partial charge on any atom is -0.394 e. The van der Waals surface area contributed by atoms with Gasteiger partial charge >= 0.3 is 0 Å². The lowest BCUT2D eigenvalue weighted by atomic mass is 9.98. The van der Waals surface area contributed by atoms with E-state index in [1.807, 2.05) is 0 Å². The molecule has 0 radical (unpaired) electrons. The smallest absolute Gasteiger partial charge is 0.187 e. The Balaban J connectivity index is 2.45. The zero-order valence-corrected chi connectivity index (χ0v) is 26.0. The van der Waals surface area contributed by atoms with E-state index in [1.165, 1.54) is 83.5 Å². The first-order chi connectivity index (χ1) is 19.6. The van der Waals surface area contributed by atoms with Gasteiger partial charge in [-0.05, 0) is 19.3 Å². The van der Waals surface area contributed by atoms with E-state index >= 15 is 0 Å². The molecule has 238 valence electrons. The largest absolute Gasteiger partial charge is 0.394 e. The van der Waals surface area contributed by atoms with Gasteiger partial charge in [0.1, 0.15) is 24.4 Å². The molecule has 40 heavy (non-hydrogen) atoms. The first-order valence-electron chi connectivity index (χ1n) is 16.7. The number of aliphatic hydroxyl groups is 3. The molecule has 1 aliphatic rings. The van der Waals surface area contributed by atoms with Crippen molar-refractivity contribution >= 4 is 0 Å². The molecule has 0 aliphatic carbocycles. The molecule has 0 saturated carbocycles. The standard InChI is InChI=1S/C33H64O7/c1-4-7-9-11-13-15-16-18-20-22-28(35)23-26-38-32-31(37-25-21-19-17-14-12-10-8-5-2)30(36)29(27-34)40-33(32)39-24-6-3/h6,28-36H,3-5,7-27H2,1-2H3/t28-,29+,30+,31-,32+,33-/m0/s1. The summed E-state index contributed by atoms with van der Waals surface area (Å²) in [4.78, 5) is 0. The third kappa shape index (κ3) is 17.4. The summed E-state index contributed by atoms with van der Waals surface area (Å²) >= 11 is 0. The van der Waals surface area contributed by atoms with Crippen LogP contribution in [0, 0.1) is 0 Å². The summed E-state index contributed by atoms with van der Waals surface area (Å²) < 4.78 is 23.9. The van der Waals surface area contributed by atoms with Crippen LogP contribution in [0.2, 0.25) is 0 Å². The first-order valence-corrected chi connectivity index (χ1v) is 16.7. The van der Waals surface area contributed by atoms with Crippen LogP contribution in [0.4, 0.5) is 0 Å². The molecule has 1 rings (SSSR count). The van der Waals surface area contributed by atoms with Gasteiger partial charge in [-0.2, -0.15) is 0 Å². The minimum absolute atomic E-state index is 0.255. The molecule has 1 fully saturated rings. The van der Waals surface area contributed by atoms with Gasteiger partial charge in [0.15, 0.2) is 6.29 Å². The summed E-state index contributed by atoms with van der Waals surface area (Å²) in [5.41, 5.74) is 0. The van der Waals surface area contributed by atoms with Crippen LogP contribution in [-0.4, -0.2) is 78.6 Å². The molecule has 1 heterocycles. The lowest BCUT2D eigenvalue weighted by Gasteiger charge is -2.43. The molecule has 0 amide bonds. The fourth-order valence-electron chi connectivity index (χ4n) is 5.34. The molecule has 0 aromatic rings. The molecular weight excluding hydrogens is 508 g/mol. The van der Waals surface area contributed by atoms with E-state index in [0.717, 1.165) is 32.1 Å². The van der Waals surface area contributed by atoms with Gasteiger partial charge in [-0.15, -0.1) is 6.58 Å². The molecule has 0 spiro atoms. The SMILES string of the molecule is C=CCO[C@H]1O[C@H](CO)[C@@H](O)[C@H](OCCCCCCCCCC)[C@H]1OCC[C@@H](O)CCCCCCCCCCC. The van der Waals surface area contributed by atoms with Crippen molar-refractivity contribution in [3.63, 3.8) is 0 Å². The van der Waals surface area contributed by atoms with Crippen molar-refractivity contribution in [2.45, 2.75) is 173 Å². The summed E-state index contributed by atoms with van der Waals surface area (Å²) in [5, 5.41) is 31.2. The normalized spacial score (nSPS) is 23.9.